The van der Waals surface area contributed by atoms with Crippen molar-refractivity contribution in [1.82, 2.24) is 14.5 Å². The second-order valence-corrected chi connectivity index (χ2v) is 6.40. The molecule has 0 N–H and O–H groups in total. The van der Waals surface area contributed by atoms with E-state index in [1.807, 2.05) is 31.2 Å². The van der Waals surface area contributed by atoms with Crippen LogP contribution < -0.4 is 5.56 Å². The highest BCUT2D eigenvalue weighted by molar-refractivity contribution is 7.84. The summed E-state index contributed by atoms with van der Waals surface area (Å²) in [7, 11) is 0.386. The van der Waals surface area contributed by atoms with Gasteiger partial charge in [-0.3, -0.25) is 13.6 Å². The molecule has 0 spiro atoms. The topological polar surface area (TPSA) is 64.8 Å². The summed E-state index contributed by atoms with van der Waals surface area (Å²) < 4.78 is 13.0. The molecule has 2 heterocycles. The van der Waals surface area contributed by atoms with Gasteiger partial charge in [0.15, 0.2) is 0 Å². The fourth-order valence-corrected chi connectivity index (χ4v) is 2.85. The zero-order valence-electron chi connectivity index (χ0n) is 12.5. The van der Waals surface area contributed by atoms with Crippen LogP contribution in [0.25, 0.3) is 22.2 Å². The van der Waals surface area contributed by atoms with Crippen LogP contribution in [-0.2, 0) is 17.8 Å². The third kappa shape index (κ3) is 2.35. The fourth-order valence-electron chi connectivity index (χ4n) is 2.44. The zero-order valence-corrected chi connectivity index (χ0v) is 13.3. The Balaban J connectivity index is 2.34. The minimum absolute atomic E-state index is 0.131. The van der Waals surface area contributed by atoms with Crippen molar-refractivity contribution in [3.8, 4) is 11.1 Å². The van der Waals surface area contributed by atoms with Crippen molar-refractivity contribution in [1.29, 1.82) is 0 Å². The molecule has 6 heteroatoms. The number of nitrogens with zero attached hydrogens (tertiary/aromatic N) is 3. The van der Waals surface area contributed by atoms with Crippen molar-refractivity contribution in [2.24, 2.45) is 7.05 Å². The Morgan fingerprint density at radius 1 is 1.18 bits per heavy atom. The Morgan fingerprint density at radius 2 is 1.91 bits per heavy atom. The van der Waals surface area contributed by atoms with E-state index >= 15 is 0 Å². The maximum absolute atomic E-state index is 12.6. The minimum Gasteiger partial charge on any atom is -0.295 e. The van der Waals surface area contributed by atoms with Crippen LogP contribution in [0.1, 0.15) is 5.56 Å². The molecule has 0 radical (unpaired) electrons. The van der Waals surface area contributed by atoms with Crippen LogP contribution in [0.4, 0.5) is 0 Å². The van der Waals surface area contributed by atoms with Gasteiger partial charge in [0, 0.05) is 30.4 Å². The second-order valence-electron chi connectivity index (χ2n) is 5.12. The first-order valence-corrected chi connectivity index (χ1v) is 8.31. The maximum Gasteiger partial charge on any atom is 0.259 e. The lowest BCUT2D eigenvalue weighted by molar-refractivity contribution is 0.679. The minimum atomic E-state index is -1.28. The Kier molecular flexibility index (Phi) is 3.62. The molecule has 0 saturated heterocycles. The summed E-state index contributed by atoms with van der Waals surface area (Å²) in [4.78, 5) is 21.0. The van der Waals surface area contributed by atoms with Gasteiger partial charge in [0.1, 0.15) is 5.65 Å². The van der Waals surface area contributed by atoms with Crippen molar-refractivity contribution in [3.05, 3.63) is 52.4 Å². The van der Waals surface area contributed by atoms with Gasteiger partial charge in [0.25, 0.3) is 5.56 Å². The van der Waals surface area contributed by atoms with Crippen LogP contribution in [0, 0.1) is 6.92 Å². The maximum atomic E-state index is 12.6. The molecule has 0 saturated carbocycles. The van der Waals surface area contributed by atoms with Crippen molar-refractivity contribution in [3.63, 3.8) is 0 Å². The van der Waals surface area contributed by atoms with Gasteiger partial charge in [-0.1, -0.05) is 24.3 Å². The van der Waals surface area contributed by atoms with Crippen LogP contribution >= 0.6 is 0 Å². The molecule has 1 atom stereocenters. The largest absolute Gasteiger partial charge is 0.295 e. The highest BCUT2D eigenvalue weighted by atomic mass is 32.2. The summed E-state index contributed by atoms with van der Waals surface area (Å²) >= 11 is 0. The van der Waals surface area contributed by atoms with Gasteiger partial charge in [-0.05, 0) is 24.1 Å². The summed E-state index contributed by atoms with van der Waals surface area (Å²) in [6.45, 7) is 1.97. The molecule has 0 aliphatic rings. The van der Waals surface area contributed by atoms with E-state index in [0.717, 1.165) is 16.5 Å². The van der Waals surface area contributed by atoms with Gasteiger partial charge in [-0.15, -0.1) is 0 Å². The molecule has 0 fully saturated rings. The quantitative estimate of drug-likeness (QED) is 0.679. The SMILES string of the molecule is Cc1ccccc1-c1cc2cnc(S(C)=O)nc2n(C)c1=O. The Morgan fingerprint density at radius 3 is 2.59 bits per heavy atom. The van der Waals surface area contributed by atoms with Crippen LogP contribution in [0.2, 0.25) is 0 Å². The smallest absolute Gasteiger partial charge is 0.259 e. The third-order valence-corrected chi connectivity index (χ3v) is 4.33. The van der Waals surface area contributed by atoms with Gasteiger partial charge in [-0.2, -0.15) is 0 Å². The Hall–Kier alpha value is -2.34. The first-order valence-electron chi connectivity index (χ1n) is 6.75. The first kappa shape index (κ1) is 14.6. The lowest BCUT2D eigenvalue weighted by atomic mass is 10.0. The number of pyridine rings is 1. The van der Waals surface area contributed by atoms with Crippen molar-refractivity contribution in [2.45, 2.75) is 12.1 Å². The molecule has 0 bridgehead atoms. The van der Waals surface area contributed by atoms with Crippen LogP contribution in [-0.4, -0.2) is 25.0 Å². The summed E-state index contributed by atoms with van der Waals surface area (Å²) in [5, 5.41) is 0.973. The van der Waals surface area contributed by atoms with Gasteiger partial charge in [0.2, 0.25) is 5.16 Å². The molecule has 5 nitrogen and oxygen atoms in total. The lowest BCUT2D eigenvalue weighted by Gasteiger charge is -2.10. The van der Waals surface area contributed by atoms with E-state index in [1.165, 1.54) is 10.8 Å². The fraction of sp³-hybridized carbons (Fsp3) is 0.188. The third-order valence-electron chi connectivity index (χ3n) is 3.62. The molecule has 0 amide bonds. The standard InChI is InChI=1S/C16H15N3O2S/c1-10-6-4-5-7-12(10)13-8-11-9-17-16(22(3)21)18-14(11)19(2)15(13)20/h4-9H,1-3H3. The van der Waals surface area contributed by atoms with Crippen molar-refractivity contribution >= 4 is 21.8 Å². The molecule has 22 heavy (non-hydrogen) atoms. The zero-order chi connectivity index (χ0) is 15.9. The van der Waals surface area contributed by atoms with E-state index in [4.69, 9.17) is 0 Å². The summed E-state index contributed by atoms with van der Waals surface area (Å²) in [5.41, 5.74) is 2.90. The highest BCUT2D eigenvalue weighted by Gasteiger charge is 2.13. The molecule has 2 aromatic heterocycles. The number of aromatic nitrogens is 3. The number of hydrogen-bond donors (Lipinski definition) is 0. The molecule has 112 valence electrons. The van der Waals surface area contributed by atoms with Crippen molar-refractivity contribution < 1.29 is 4.21 Å². The number of benzene rings is 1. The average Bonchev–Trinajstić information content (AvgIpc) is 2.51. The van der Waals surface area contributed by atoms with Crippen molar-refractivity contribution in [2.75, 3.05) is 6.26 Å². The van der Waals surface area contributed by atoms with Gasteiger partial charge >= 0.3 is 0 Å². The lowest BCUT2D eigenvalue weighted by Crippen LogP contribution is -2.20. The number of fused-ring (bicyclic) bond motifs is 1. The Labute approximate surface area is 130 Å². The molecule has 0 aliphatic carbocycles. The summed E-state index contributed by atoms with van der Waals surface area (Å²) in [6, 6.07) is 9.54. The Bertz CT molecular complexity index is 963. The van der Waals surface area contributed by atoms with Gasteiger partial charge in [0.05, 0.1) is 10.8 Å². The van der Waals surface area contributed by atoms with Crippen LogP contribution in [0.15, 0.2) is 46.5 Å². The average molecular weight is 313 g/mol. The van der Waals surface area contributed by atoms with E-state index < -0.39 is 10.8 Å². The van der Waals surface area contributed by atoms with E-state index in [9.17, 15) is 9.00 Å². The second kappa shape index (κ2) is 5.46. The first-order chi connectivity index (χ1) is 10.5. The van der Waals surface area contributed by atoms with Gasteiger partial charge < -0.3 is 0 Å². The van der Waals surface area contributed by atoms with E-state index in [-0.39, 0.29) is 10.7 Å². The van der Waals surface area contributed by atoms with Gasteiger partial charge in [-0.25, -0.2) is 9.97 Å². The van der Waals surface area contributed by atoms with E-state index in [2.05, 4.69) is 9.97 Å². The van der Waals surface area contributed by atoms with Crippen LogP contribution in [0.3, 0.4) is 0 Å². The molecular weight excluding hydrogens is 298 g/mol. The van der Waals surface area contributed by atoms with E-state index in [0.29, 0.717) is 11.2 Å². The number of hydrogen-bond acceptors (Lipinski definition) is 4. The molecular formula is C16H15N3O2S. The van der Waals surface area contributed by atoms with E-state index in [1.54, 1.807) is 19.3 Å². The number of aryl methyl sites for hydroxylation is 2. The summed E-state index contributed by atoms with van der Waals surface area (Å²) in [6.07, 6.45) is 3.13. The molecule has 0 aliphatic heterocycles. The highest BCUT2D eigenvalue weighted by Crippen LogP contribution is 2.22. The normalized spacial score (nSPS) is 12.5. The molecule has 3 aromatic rings. The summed E-state index contributed by atoms with van der Waals surface area (Å²) in [5.74, 6) is 0. The van der Waals surface area contributed by atoms with Crippen LogP contribution in [0.5, 0.6) is 0 Å². The molecule has 1 unspecified atom stereocenters. The monoisotopic (exact) mass is 313 g/mol. The molecule has 1 aromatic carbocycles. The predicted molar refractivity (Wildman–Crippen MR) is 87.3 cm³/mol. The molecule has 3 rings (SSSR count). The predicted octanol–water partition coefficient (Wildman–Crippen LogP) is 2.04. The number of rotatable bonds is 2.